The van der Waals surface area contributed by atoms with Crippen LogP contribution in [0.25, 0.3) is 0 Å². The molecular formula is C13H24BrNO2. The van der Waals surface area contributed by atoms with Gasteiger partial charge in [0.2, 0.25) is 0 Å². The van der Waals surface area contributed by atoms with Crippen LogP contribution in [-0.2, 0) is 4.74 Å². The summed E-state index contributed by atoms with van der Waals surface area (Å²) in [5, 5.41) is 1.06. The number of amides is 1. The van der Waals surface area contributed by atoms with Crippen molar-refractivity contribution in [3.63, 3.8) is 0 Å². The fourth-order valence-electron chi connectivity index (χ4n) is 2.23. The van der Waals surface area contributed by atoms with Crippen molar-refractivity contribution in [1.29, 1.82) is 0 Å². The smallest absolute Gasteiger partial charge is 0.409 e. The highest BCUT2D eigenvalue weighted by atomic mass is 79.9. The van der Waals surface area contributed by atoms with Crippen molar-refractivity contribution in [1.82, 2.24) is 4.90 Å². The zero-order chi connectivity index (χ0) is 12.5. The number of unbranched alkanes of at least 4 members (excludes halogenated alkanes) is 1. The van der Waals surface area contributed by atoms with E-state index >= 15 is 0 Å². The predicted octanol–water partition coefficient (Wildman–Crippen LogP) is 3.81. The van der Waals surface area contributed by atoms with E-state index in [1.807, 2.05) is 4.90 Å². The molecule has 1 heterocycles. The van der Waals surface area contributed by atoms with Crippen molar-refractivity contribution in [2.24, 2.45) is 5.92 Å². The van der Waals surface area contributed by atoms with Crippen LogP contribution in [0.1, 0.15) is 45.4 Å². The van der Waals surface area contributed by atoms with Gasteiger partial charge in [-0.25, -0.2) is 4.79 Å². The molecule has 0 N–H and O–H groups in total. The third-order valence-corrected chi connectivity index (χ3v) is 3.81. The second-order valence-electron chi connectivity index (χ2n) is 4.75. The normalized spacial score (nSPS) is 20.4. The molecule has 1 unspecified atom stereocenters. The van der Waals surface area contributed by atoms with Gasteiger partial charge in [-0.15, -0.1) is 0 Å². The molecule has 1 aliphatic heterocycles. The van der Waals surface area contributed by atoms with Crippen LogP contribution in [0.4, 0.5) is 4.79 Å². The standard InChI is InChI=1S/C13H24BrNO2/c1-2-3-10-17-13(16)15-9-5-7-12(11-15)6-4-8-14/h12H,2-11H2,1H3. The zero-order valence-electron chi connectivity index (χ0n) is 10.8. The average Bonchev–Trinajstić information content (AvgIpc) is 2.37. The topological polar surface area (TPSA) is 29.5 Å². The molecule has 0 radical (unpaired) electrons. The minimum Gasteiger partial charge on any atom is -0.449 e. The third kappa shape index (κ3) is 5.75. The summed E-state index contributed by atoms with van der Waals surface area (Å²) in [6.07, 6.45) is 6.71. The Morgan fingerprint density at radius 1 is 1.47 bits per heavy atom. The van der Waals surface area contributed by atoms with Crippen molar-refractivity contribution in [2.75, 3.05) is 25.0 Å². The van der Waals surface area contributed by atoms with Crippen LogP contribution in [0, 0.1) is 5.92 Å². The maximum absolute atomic E-state index is 11.8. The highest BCUT2D eigenvalue weighted by Crippen LogP contribution is 2.21. The van der Waals surface area contributed by atoms with Crippen molar-refractivity contribution in [2.45, 2.75) is 45.4 Å². The molecule has 1 atom stereocenters. The molecule has 0 bridgehead atoms. The van der Waals surface area contributed by atoms with Crippen LogP contribution >= 0.6 is 15.9 Å². The van der Waals surface area contributed by atoms with Crippen molar-refractivity contribution >= 4 is 22.0 Å². The van der Waals surface area contributed by atoms with E-state index in [-0.39, 0.29) is 6.09 Å². The van der Waals surface area contributed by atoms with E-state index in [1.165, 1.54) is 19.3 Å². The van der Waals surface area contributed by atoms with Gasteiger partial charge < -0.3 is 9.64 Å². The number of likely N-dealkylation sites (tertiary alicyclic amines) is 1. The predicted molar refractivity (Wildman–Crippen MR) is 73.6 cm³/mol. The molecule has 0 saturated carbocycles. The Hall–Kier alpha value is -0.250. The minimum atomic E-state index is -0.109. The van der Waals surface area contributed by atoms with E-state index in [4.69, 9.17) is 4.74 Å². The number of carbonyl (C=O) groups excluding carboxylic acids is 1. The highest BCUT2D eigenvalue weighted by Gasteiger charge is 2.23. The summed E-state index contributed by atoms with van der Waals surface area (Å²) < 4.78 is 5.25. The molecule has 100 valence electrons. The summed E-state index contributed by atoms with van der Waals surface area (Å²) in [6.45, 7) is 4.43. The molecular weight excluding hydrogens is 282 g/mol. The van der Waals surface area contributed by atoms with Crippen LogP contribution in [-0.4, -0.2) is 36.0 Å². The Balaban J connectivity index is 2.25. The van der Waals surface area contributed by atoms with E-state index in [2.05, 4.69) is 22.9 Å². The van der Waals surface area contributed by atoms with Gasteiger partial charge in [0, 0.05) is 18.4 Å². The van der Waals surface area contributed by atoms with E-state index in [1.54, 1.807) is 0 Å². The molecule has 0 aliphatic carbocycles. The van der Waals surface area contributed by atoms with Crippen molar-refractivity contribution in [3.05, 3.63) is 0 Å². The van der Waals surface area contributed by atoms with Crippen LogP contribution < -0.4 is 0 Å². The number of hydrogen-bond acceptors (Lipinski definition) is 2. The second kappa shape index (κ2) is 8.78. The molecule has 1 amide bonds. The Labute approximate surface area is 113 Å². The SMILES string of the molecule is CCCCOC(=O)N1CCCC(CCCBr)C1. The number of rotatable bonds is 6. The van der Waals surface area contributed by atoms with Crippen LogP contribution in [0.2, 0.25) is 0 Å². The van der Waals surface area contributed by atoms with Gasteiger partial charge in [0.25, 0.3) is 0 Å². The van der Waals surface area contributed by atoms with Crippen LogP contribution in [0.5, 0.6) is 0 Å². The summed E-state index contributed by atoms with van der Waals surface area (Å²) in [4.78, 5) is 13.7. The lowest BCUT2D eigenvalue weighted by molar-refractivity contribution is 0.0822. The van der Waals surface area contributed by atoms with Gasteiger partial charge in [0.05, 0.1) is 6.61 Å². The van der Waals surface area contributed by atoms with Gasteiger partial charge in [-0.3, -0.25) is 0 Å². The van der Waals surface area contributed by atoms with E-state index < -0.39 is 0 Å². The maximum Gasteiger partial charge on any atom is 0.409 e. The number of halogens is 1. The molecule has 0 spiro atoms. The van der Waals surface area contributed by atoms with E-state index in [9.17, 15) is 4.79 Å². The molecule has 4 heteroatoms. The number of piperidine rings is 1. The Morgan fingerprint density at radius 2 is 2.29 bits per heavy atom. The van der Waals surface area contributed by atoms with Crippen LogP contribution in [0.3, 0.4) is 0 Å². The Morgan fingerprint density at radius 3 is 3.00 bits per heavy atom. The van der Waals surface area contributed by atoms with Gasteiger partial charge in [-0.05, 0) is 38.0 Å². The molecule has 1 fully saturated rings. The van der Waals surface area contributed by atoms with Gasteiger partial charge >= 0.3 is 6.09 Å². The summed E-state index contributed by atoms with van der Waals surface area (Å²) in [6, 6.07) is 0. The van der Waals surface area contributed by atoms with Gasteiger partial charge in [-0.2, -0.15) is 0 Å². The molecule has 1 rings (SSSR count). The average molecular weight is 306 g/mol. The summed E-state index contributed by atoms with van der Waals surface area (Å²) in [5.41, 5.74) is 0. The number of ether oxygens (including phenoxy) is 1. The monoisotopic (exact) mass is 305 g/mol. The van der Waals surface area contributed by atoms with Crippen molar-refractivity contribution in [3.8, 4) is 0 Å². The third-order valence-electron chi connectivity index (χ3n) is 3.25. The second-order valence-corrected chi connectivity index (χ2v) is 5.55. The number of nitrogens with zero attached hydrogens (tertiary/aromatic N) is 1. The van der Waals surface area contributed by atoms with Gasteiger partial charge in [-0.1, -0.05) is 29.3 Å². The molecule has 3 nitrogen and oxygen atoms in total. The maximum atomic E-state index is 11.8. The molecule has 0 aromatic rings. The largest absolute Gasteiger partial charge is 0.449 e. The highest BCUT2D eigenvalue weighted by molar-refractivity contribution is 9.09. The first-order valence-corrected chi connectivity index (χ1v) is 7.87. The first-order chi connectivity index (χ1) is 8.27. The lowest BCUT2D eigenvalue weighted by Gasteiger charge is -2.32. The van der Waals surface area contributed by atoms with Gasteiger partial charge in [0.1, 0.15) is 0 Å². The Kier molecular flexibility index (Phi) is 7.65. The fraction of sp³-hybridized carbons (Fsp3) is 0.923. The lowest BCUT2D eigenvalue weighted by atomic mass is 9.94. The summed E-state index contributed by atoms with van der Waals surface area (Å²) >= 11 is 3.46. The first-order valence-electron chi connectivity index (χ1n) is 6.75. The quantitative estimate of drug-likeness (QED) is 0.551. The summed E-state index contributed by atoms with van der Waals surface area (Å²) in [7, 11) is 0. The van der Waals surface area contributed by atoms with Crippen LogP contribution in [0.15, 0.2) is 0 Å². The molecule has 17 heavy (non-hydrogen) atoms. The molecule has 1 aliphatic rings. The Bertz CT molecular complexity index is 223. The number of hydrogen-bond donors (Lipinski definition) is 0. The van der Waals surface area contributed by atoms with Crippen molar-refractivity contribution < 1.29 is 9.53 Å². The van der Waals surface area contributed by atoms with Gasteiger partial charge in [0.15, 0.2) is 0 Å². The van der Waals surface area contributed by atoms with E-state index in [0.717, 1.165) is 37.7 Å². The lowest BCUT2D eigenvalue weighted by Crippen LogP contribution is -2.40. The molecule has 0 aromatic heterocycles. The number of alkyl halides is 1. The number of carbonyl (C=O) groups is 1. The zero-order valence-corrected chi connectivity index (χ0v) is 12.4. The summed E-state index contributed by atoms with van der Waals surface area (Å²) in [5.74, 6) is 0.667. The fourth-order valence-corrected chi connectivity index (χ4v) is 2.55. The molecule has 0 aromatic carbocycles. The first kappa shape index (κ1) is 14.8. The van der Waals surface area contributed by atoms with E-state index in [0.29, 0.717) is 12.5 Å². The minimum absolute atomic E-state index is 0.109. The molecule has 1 saturated heterocycles.